The maximum atomic E-state index is 14.2. The number of nitrogens with zero attached hydrogens (tertiary/aromatic N) is 2. The molecule has 0 aromatic heterocycles. The van der Waals surface area contributed by atoms with E-state index in [2.05, 4.69) is 31.3 Å². The minimum Gasteiger partial charge on any atom is -0.444 e. The Kier molecular flexibility index (Phi) is 7.18. The molecule has 0 spiro atoms. The van der Waals surface area contributed by atoms with Gasteiger partial charge in [-0.15, -0.1) is 0 Å². The van der Waals surface area contributed by atoms with Crippen LogP contribution in [-0.2, 0) is 21.4 Å². The van der Waals surface area contributed by atoms with Gasteiger partial charge in [-0.05, 0) is 56.0 Å². The quantitative estimate of drug-likeness (QED) is 0.520. The van der Waals surface area contributed by atoms with E-state index < -0.39 is 35.7 Å². The number of likely N-dealkylation sites (tertiary alicyclic amines) is 1. The van der Waals surface area contributed by atoms with E-state index in [1.807, 2.05) is 12.1 Å². The number of alkyl halides is 3. The Hall–Kier alpha value is -3.23. The van der Waals surface area contributed by atoms with Gasteiger partial charge in [-0.2, -0.15) is 13.2 Å². The number of amides is 2. The lowest BCUT2D eigenvalue weighted by atomic mass is 9.83. The largest absolute Gasteiger partial charge is 0.444 e. The molecule has 2 aliphatic rings. The van der Waals surface area contributed by atoms with Gasteiger partial charge in [0.1, 0.15) is 5.60 Å². The number of carbonyl (C=O) groups excluding carboxylic acids is 2. The third-order valence-electron chi connectivity index (χ3n) is 7.50. The van der Waals surface area contributed by atoms with Crippen LogP contribution in [0.25, 0.3) is 0 Å². The zero-order valence-electron chi connectivity index (χ0n) is 22.7. The molecule has 1 aliphatic heterocycles. The molecule has 0 radical (unpaired) electrons. The van der Waals surface area contributed by atoms with Crippen molar-refractivity contribution in [2.24, 2.45) is 5.92 Å². The van der Waals surface area contributed by atoms with Gasteiger partial charge in [-0.1, -0.05) is 50.2 Å². The molecule has 6 nitrogen and oxygen atoms in total. The van der Waals surface area contributed by atoms with Crippen LogP contribution in [0.1, 0.15) is 57.4 Å². The molecule has 4 rings (SSSR count). The summed E-state index contributed by atoms with van der Waals surface area (Å²) in [6.45, 7) is 9.57. The Bertz CT molecular complexity index is 1180. The minimum atomic E-state index is -4.66. The molecule has 2 aromatic rings. The molecule has 2 atom stereocenters. The summed E-state index contributed by atoms with van der Waals surface area (Å²) in [5.41, 5.74) is 2.42. The first-order valence-corrected chi connectivity index (χ1v) is 12.8. The van der Waals surface area contributed by atoms with Crippen molar-refractivity contribution in [1.29, 1.82) is 0 Å². The van der Waals surface area contributed by atoms with Gasteiger partial charge in [0, 0.05) is 37.3 Å². The topological polar surface area (TPSA) is 61.9 Å². The monoisotopic (exact) mass is 531 g/mol. The van der Waals surface area contributed by atoms with Crippen LogP contribution in [0, 0.1) is 5.92 Å². The summed E-state index contributed by atoms with van der Waals surface area (Å²) in [5.74, 6) is -1.36. The van der Waals surface area contributed by atoms with E-state index in [-0.39, 0.29) is 30.1 Å². The fourth-order valence-electron chi connectivity index (χ4n) is 5.34. The Labute approximate surface area is 222 Å². The van der Waals surface area contributed by atoms with E-state index in [4.69, 9.17) is 4.74 Å². The number of halogens is 3. The zero-order valence-corrected chi connectivity index (χ0v) is 22.7. The Morgan fingerprint density at radius 3 is 2.21 bits per heavy atom. The van der Waals surface area contributed by atoms with Crippen LogP contribution in [0.15, 0.2) is 48.5 Å². The molecule has 0 saturated carbocycles. The van der Waals surface area contributed by atoms with Crippen molar-refractivity contribution in [2.75, 3.05) is 25.5 Å². The summed E-state index contributed by atoms with van der Waals surface area (Å²) in [6, 6.07) is 12.4. The van der Waals surface area contributed by atoms with Crippen LogP contribution in [-0.4, -0.2) is 59.8 Å². The van der Waals surface area contributed by atoms with Crippen molar-refractivity contribution in [3.05, 3.63) is 65.2 Å². The van der Waals surface area contributed by atoms with E-state index in [0.29, 0.717) is 0 Å². The molecular weight excluding hydrogens is 495 g/mol. The summed E-state index contributed by atoms with van der Waals surface area (Å²) in [7, 11) is 1.17. The predicted octanol–water partition coefficient (Wildman–Crippen LogP) is 5.93. The van der Waals surface area contributed by atoms with Crippen molar-refractivity contribution in [1.82, 2.24) is 9.80 Å². The summed E-state index contributed by atoms with van der Waals surface area (Å²) < 4.78 is 47.8. The lowest BCUT2D eigenvalue weighted by Gasteiger charge is -2.42. The first kappa shape index (κ1) is 27.8. The van der Waals surface area contributed by atoms with Crippen molar-refractivity contribution in [3.63, 3.8) is 0 Å². The average Bonchev–Trinajstić information content (AvgIpc) is 3.01. The van der Waals surface area contributed by atoms with E-state index in [1.165, 1.54) is 35.2 Å². The van der Waals surface area contributed by atoms with Crippen LogP contribution >= 0.6 is 0 Å². The summed E-state index contributed by atoms with van der Waals surface area (Å²) in [6.07, 6.45) is -4.41. The van der Waals surface area contributed by atoms with Crippen LogP contribution in [0.2, 0.25) is 0 Å². The van der Waals surface area contributed by atoms with Crippen molar-refractivity contribution >= 4 is 17.7 Å². The van der Waals surface area contributed by atoms with Gasteiger partial charge in [0.15, 0.2) is 6.04 Å². The number of rotatable bonds is 5. The van der Waals surface area contributed by atoms with E-state index >= 15 is 0 Å². The second kappa shape index (κ2) is 9.82. The standard InChI is InChI=1S/C29H36F3N3O3/c1-27(2,3)38-26(37)35-16-20(17-35)25(36)34(6)24(29(30,31)32)18-11-13-21(14-12-18)33-23-15-19-9-7-8-10-22(19)28(23,4)5/h7-14,20,23-24,33H,15-17H2,1-6H3/t23?,24-/m0/s1. The number of fused-ring (bicyclic) bond motifs is 1. The highest BCUT2D eigenvalue weighted by atomic mass is 19.4. The molecule has 2 aromatic carbocycles. The van der Waals surface area contributed by atoms with Gasteiger partial charge >= 0.3 is 12.3 Å². The number of nitrogens with one attached hydrogen (secondary N) is 1. The molecule has 0 bridgehead atoms. The third kappa shape index (κ3) is 5.61. The second-order valence-electron chi connectivity index (χ2n) is 11.9. The van der Waals surface area contributed by atoms with Crippen LogP contribution < -0.4 is 5.32 Å². The first-order chi connectivity index (χ1) is 17.6. The summed E-state index contributed by atoms with van der Waals surface area (Å²) in [5, 5.41) is 3.49. The predicted molar refractivity (Wildman–Crippen MR) is 140 cm³/mol. The molecule has 1 unspecified atom stereocenters. The summed E-state index contributed by atoms with van der Waals surface area (Å²) >= 11 is 0. The Morgan fingerprint density at radius 1 is 1.05 bits per heavy atom. The smallest absolute Gasteiger partial charge is 0.413 e. The van der Waals surface area contributed by atoms with Crippen LogP contribution in [0.3, 0.4) is 0 Å². The molecule has 1 aliphatic carbocycles. The van der Waals surface area contributed by atoms with Gasteiger partial charge in [0.05, 0.1) is 5.92 Å². The highest BCUT2D eigenvalue weighted by Crippen LogP contribution is 2.41. The SMILES string of the molecule is CN(C(=O)C1CN(C(=O)OC(C)(C)C)C1)[C@@H](c1ccc(NC2Cc3ccccc3C2(C)C)cc1)C(F)(F)F. The van der Waals surface area contributed by atoms with Crippen molar-refractivity contribution < 1.29 is 27.5 Å². The molecule has 1 N–H and O–H groups in total. The molecule has 1 fully saturated rings. The maximum Gasteiger partial charge on any atom is 0.413 e. The molecular formula is C29H36F3N3O3. The Morgan fingerprint density at radius 2 is 1.66 bits per heavy atom. The minimum absolute atomic E-state index is 0.0174. The lowest BCUT2D eigenvalue weighted by Crippen LogP contribution is -2.57. The highest BCUT2D eigenvalue weighted by molar-refractivity contribution is 5.83. The average molecular weight is 532 g/mol. The van der Waals surface area contributed by atoms with Crippen molar-refractivity contribution in [3.8, 4) is 0 Å². The molecule has 1 saturated heterocycles. The molecule has 9 heteroatoms. The molecule has 1 heterocycles. The van der Waals surface area contributed by atoms with Gasteiger partial charge in [0.2, 0.25) is 5.91 Å². The highest BCUT2D eigenvalue weighted by Gasteiger charge is 2.48. The van der Waals surface area contributed by atoms with Crippen LogP contribution in [0.5, 0.6) is 0 Å². The number of ether oxygens (including phenoxy) is 1. The Balaban J connectivity index is 1.43. The van der Waals surface area contributed by atoms with Crippen LogP contribution in [0.4, 0.5) is 23.7 Å². The number of hydrogen-bond donors (Lipinski definition) is 1. The number of benzene rings is 2. The van der Waals surface area contributed by atoms with E-state index in [0.717, 1.165) is 17.0 Å². The van der Waals surface area contributed by atoms with Gasteiger partial charge in [-0.3, -0.25) is 4.79 Å². The maximum absolute atomic E-state index is 14.2. The van der Waals surface area contributed by atoms with Gasteiger partial charge in [-0.25, -0.2) is 4.79 Å². The molecule has 38 heavy (non-hydrogen) atoms. The second-order valence-corrected chi connectivity index (χ2v) is 11.9. The zero-order chi connectivity index (χ0) is 28.0. The van der Waals surface area contributed by atoms with Gasteiger partial charge in [0.25, 0.3) is 0 Å². The number of anilines is 1. The number of hydrogen-bond acceptors (Lipinski definition) is 4. The van der Waals surface area contributed by atoms with E-state index in [9.17, 15) is 22.8 Å². The van der Waals surface area contributed by atoms with Gasteiger partial charge < -0.3 is 19.9 Å². The van der Waals surface area contributed by atoms with Crippen molar-refractivity contribution in [2.45, 2.75) is 70.3 Å². The summed E-state index contributed by atoms with van der Waals surface area (Å²) in [4.78, 5) is 27.2. The van der Waals surface area contributed by atoms with E-state index in [1.54, 1.807) is 32.9 Å². The molecule has 2 amide bonds. The normalized spacial score (nSPS) is 19.8. The number of carbonyl (C=O) groups is 2. The fourth-order valence-corrected chi connectivity index (χ4v) is 5.34. The first-order valence-electron chi connectivity index (χ1n) is 12.8. The third-order valence-corrected chi connectivity index (χ3v) is 7.50. The lowest BCUT2D eigenvalue weighted by molar-refractivity contribution is -0.192. The molecule has 206 valence electrons. The fraction of sp³-hybridized carbons (Fsp3) is 0.517.